The Bertz CT molecular complexity index is 1470. The van der Waals surface area contributed by atoms with Gasteiger partial charge in [0.2, 0.25) is 0 Å². The van der Waals surface area contributed by atoms with Crippen molar-refractivity contribution in [1.82, 2.24) is 9.88 Å². The molecule has 2 N–H and O–H groups in total. The monoisotopic (exact) mass is 521 g/mol. The number of nitrogens with zero attached hydrogens (tertiary/aromatic N) is 1. The van der Waals surface area contributed by atoms with Gasteiger partial charge >= 0.3 is 6.03 Å². The van der Waals surface area contributed by atoms with Gasteiger partial charge in [-0.2, -0.15) is 0 Å². The Morgan fingerprint density at radius 1 is 0.946 bits per heavy atom. The molecule has 9 heteroatoms. The maximum atomic E-state index is 13.3. The summed E-state index contributed by atoms with van der Waals surface area (Å²) >= 11 is 6.09. The Hall–Kier alpha value is -4.17. The maximum Gasteiger partial charge on any atom is 0.322 e. The van der Waals surface area contributed by atoms with Gasteiger partial charge < -0.3 is 29.4 Å². The maximum absolute atomic E-state index is 13.3. The summed E-state index contributed by atoms with van der Waals surface area (Å²) in [6.07, 6.45) is 0.530. The summed E-state index contributed by atoms with van der Waals surface area (Å²) in [6, 6.07) is 19.4. The number of rotatable bonds is 9. The minimum Gasteiger partial charge on any atom is -0.497 e. The van der Waals surface area contributed by atoms with Gasteiger partial charge in [0.1, 0.15) is 5.75 Å². The van der Waals surface area contributed by atoms with Crippen molar-refractivity contribution in [3.05, 3.63) is 93.2 Å². The fourth-order valence-electron chi connectivity index (χ4n) is 4.00. The summed E-state index contributed by atoms with van der Waals surface area (Å²) in [5.41, 5.74) is 2.40. The first kappa shape index (κ1) is 25.9. The van der Waals surface area contributed by atoms with E-state index in [-0.39, 0.29) is 18.1 Å². The second-order valence-corrected chi connectivity index (χ2v) is 8.81. The van der Waals surface area contributed by atoms with E-state index >= 15 is 0 Å². The Morgan fingerprint density at radius 2 is 1.76 bits per heavy atom. The van der Waals surface area contributed by atoms with Crippen LogP contribution in [0.2, 0.25) is 5.02 Å². The number of hydrogen-bond acceptors (Lipinski definition) is 5. The first-order valence-corrected chi connectivity index (χ1v) is 12.0. The van der Waals surface area contributed by atoms with Gasteiger partial charge in [-0.3, -0.25) is 4.79 Å². The topological polar surface area (TPSA) is 92.9 Å². The highest BCUT2D eigenvalue weighted by atomic mass is 35.5. The Morgan fingerprint density at radius 3 is 2.49 bits per heavy atom. The molecule has 0 atom stereocenters. The Balaban J connectivity index is 1.62. The SMILES string of the molecule is COc1ccc2[nH]c(=O)c(CN(CCc3ccc(OC)c(OC)c3)C(=O)Nc3cccc(Cl)c3)cc2c1. The van der Waals surface area contributed by atoms with Crippen LogP contribution < -0.4 is 25.1 Å². The number of methoxy groups -OCH3 is 3. The van der Waals surface area contributed by atoms with Crippen molar-refractivity contribution >= 4 is 34.2 Å². The van der Waals surface area contributed by atoms with E-state index in [0.717, 1.165) is 10.9 Å². The summed E-state index contributed by atoms with van der Waals surface area (Å²) < 4.78 is 16.0. The number of amides is 2. The van der Waals surface area contributed by atoms with Crippen LogP contribution in [0.1, 0.15) is 11.1 Å². The lowest BCUT2D eigenvalue weighted by Gasteiger charge is -2.23. The predicted octanol–water partition coefficient (Wildman–Crippen LogP) is 5.48. The number of pyridine rings is 1. The van der Waals surface area contributed by atoms with Crippen LogP contribution in [0, 0.1) is 0 Å². The van der Waals surface area contributed by atoms with Crippen LogP contribution in [-0.4, -0.2) is 43.8 Å². The fraction of sp³-hybridized carbons (Fsp3) is 0.214. The first-order valence-electron chi connectivity index (χ1n) is 11.6. The first-order chi connectivity index (χ1) is 17.9. The van der Waals surface area contributed by atoms with Gasteiger partial charge in [0.15, 0.2) is 11.5 Å². The van der Waals surface area contributed by atoms with Crippen molar-refractivity contribution in [2.45, 2.75) is 13.0 Å². The van der Waals surface area contributed by atoms with Crippen LogP contribution in [-0.2, 0) is 13.0 Å². The highest BCUT2D eigenvalue weighted by Crippen LogP contribution is 2.28. The van der Waals surface area contributed by atoms with Crippen molar-refractivity contribution in [2.75, 3.05) is 33.2 Å². The quantitative estimate of drug-likeness (QED) is 0.304. The van der Waals surface area contributed by atoms with E-state index in [1.165, 1.54) is 0 Å². The number of aromatic nitrogens is 1. The molecule has 1 aromatic heterocycles. The molecule has 8 nitrogen and oxygen atoms in total. The molecule has 0 aliphatic carbocycles. The number of fused-ring (bicyclic) bond motifs is 1. The number of carbonyl (C=O) groups is 1. The van der Waals surface area contributed by atoms with Crippen LogP contribution in [0.4, 0.5) is 10.5 Å². The molecule has 4 aromatic rings. The summed E-state index contributed by atoms with van der Waals surface area (Å²) in [4.78, 5) is 30.7. The van der Waals surface area contributed by atoms with Crippen LogP contribution in [0.3, 0.4) is 0 Å². The molecule has 1 heterocycles. The van der Waals surface area contributed by atoms with Crippen molar-refractivity contribution in [3.63, 3.8) is 0 Å². The van der Waals surface area contributed by atoms with E-state index in [2.05, 4.69) is 10.3 Å². The largest absolute Gasteiger partial charge is 0.497 e. The number of urea groups is 1. The number of hydrogen-bond donors (Lipinski definition) is 2. The normalized spacial score (nSPS) is 10.7. The van der Waals surface area contributed by atoms with Crippen LogP contribution in [0.5, 0.6) is 17.2 Å². The summed E-state index contributed by atoms with van der Waals surface area (Å²) in [6.45, 7) is 0.444. The molecule has 0 aliphatic heterocycles. The zero-order chi connectivity index (χ0) is 26.4. The smallest absolute Gasteiger partial charge is 0.322 e. The van der Waals surface area contributed by atoms with Crippen molar-refractivity contribution in [1.29, 1.82) is 0 Å². The third-order valence-electron chi connectivity index (χ3n) is 5.97. The molecular weight excluding hydrogens is 494 g/mol. The van der Waals surface area contributed by atoms with E-state index in [4.69, 9.17) is 25.8 Å². The van der Waals surface area contributed by atoms with Gasteiger partial charge in [-0.05, 0) is 66.6 Å². The number of H-pyrrole nitrogens is 1. The average Bonchev–Trinajstić information content (AvgIpc) is 2.90. The molecular formula is C28H28ClN3O5. The van der Waals surface area contributed by atoms with Gasteiger partial charge in [-0.1, -0.05) is 23.7 Å². The zero-order valence-electron chi connectivity index (χ0n) is 20.8. The van der Waals surface area contributed by atoms with Gasteiger partial charge in [-0.25, -0.2) is 4.79 Å². The van der Waals surface area contributed by atoms with E-state index in [1.54, 1.807) is 68.7 Å². The Labute approximate surface area is 219 Å². The lowest BCUT2D eigenvalue weighted by molar-refractivity contribution is 0.209. The van der Waals surface area contributed by atoms with Gasteiger partial charge in [0.25, 0.3) is 5.56 Å². The molecule has 0 unspecified atom stereocenters. The average molecular weight is 522 g/mol. The molecule has 2 amide bonds. The summed E-state index contributed by atoms with van der Waals surface area (Å²) in [5.74, 6) is 1.91. The van der Waals surface area contributed by atoms with Crippen LogP contribution in [0.15, 0.2) is 71.5 Å². The lowest BCUT2D eigenvalue weighted by Crippen LogP contribution is -2.37. The molecule has 37 heavy (non-hydrogen) atoms. The molecule has 3 aromatic carbocycles. The number of aromatic amines is 1. The summed E-state index contributed by atoms with van der Waals surface area (Å²) in [5, 5.41) is 4.20. The molecule has 0 aliphatic rings. The predicted molar refractivity (Wildman–Crippen MR) is 145 cm³/mol. The Kier molecular flexibility index (Phi) is 8.20. The van der Waals surface area contributed by atoms with E-state index < -0.39 is 0 Å². The highest BCUT2D eigenvalue weighted by Gasteiger charge is 2.18. The zero-order valence-corrected chi connectivity index (χ0v) is 21.6. The second-order valence-electron chi connectivity index (χ2n) is 8.38. The fourth-order valence-corrected chi connectivity index (χ4v) is 4.19. The number of anilines is 1. The van der Waals surface area contributed by atoms with Crippen LogP contribution in [0.25, 0.3) is 10.9 Å². The molecule has 0 fully saturated rings. The van der Waals surface area contributed by atoms with Gasteiger partial charge in [0.05, 0.1) is 27.9 Å². The minimum atomic E-state index is -0.354. The van der Waals surface area contributed by atoms with E-state index in [9.17, 15) is 9.59 Å². The third kappa shape index (κ3) is 6.34. The highest BCUT2D eigenvalue weighted by molar-refractivity contribution is 6.30. The van der Waals surface area contributed by atoms with E-state index in [0.29, 0.717) is 52.0 Å². The lowest BCUT2D eigenvalue weighted by atomic mass is 10.1. The van der Waals surface area contributed by atoms with Gasteiger partial charge in [0, 0.05) is 33.7 Å². The molecule has 0 saturated carbocycles. The molecule has 192 valence electrons. The summed E-state index contributed by atoms with van der Waals surface area (Å²) in [7, 11) is 4.74. The molecule has 0 saturated heterocycles. The van der Waals surface area contributed by atoms with E-state index in [1.807, 2.05) is 24.3 Å². The molecule has 0 bridgehead atoms. The van der Waals surface area contributed by atoms with Crippen molar-refractivity contribution in [2.24, 2.45) is 0 Å². The molecule has 0 radical (unpaired) electrons. The minimum absolute atomic E-state index is 0.0994. The third-order valence-corrected chi connectivity index (χ3v) is 6.21. The molecule has 4 rings (SSSR count). The number of nitrogens with one attached hydrogen (secondary N) is 2. The van der Waals surface area contributed by atoms with Crippen LogP contribution >= 0.6 is 11.6 Å². The number of halogens is 1. The number of carbonyl (C=O) groups excluding carboxylic acids is 1. The van der Waals surface area contributed by atoms with Crippen molar-refractivity contribution in [3.8, 4) is 17.2 Å². The van der Waals surface area contributed by atoms with Gasteiger partial charge in [-0.15, -0.1) is 0 Å². The second kappa shape index (κ2) is 11.7. The standard InChI is InChI=1S/C28H28ClN3O5/c1-35-23-8-9-24-19(15-23)14-20(27(33)31-24)17-32(28(34)30-22-6-4-5-21(29)16-22)12-11-18-7-10-25(36-2)26(13-18)37-3/h4-10,13-16H,11-12,17H2,1-3H3,(H,30,34)(H,31,33). The number of ether oxygens (including phenoxy) is 3. The molecule has 0 spiro atoms. The number of benzene rings is 3. The van der Waals surface area contributed by atoms with Crippen molar-refractivity contribution < 1.29 is 19.0 Å².